The molecule has 0 aliphatic carbocycles. The second-order valence-electron chi connectivity index (χ2n) is 3.13. The van der Waals surface area contributed by atoms with E-state index >= 15 is 0 Å². The fraction of sp³-hybridized carbons (Fsp3) is 0.273. The zero-order chi connectivity index (χ0) is 12.1. The van der Waals surface area contributed by atoms with Crippen molar-refractivity contribution in [1.82, 2.24) is 4.98 Å². The number of aromatic carboxylic acids is 1. The van der Waals surface area contributed by atoms with E-state index in [1.54, 1.807) is 18.2 Å². The van der Waals surface area contributed by atoms with Crippen molar-refractivity contribution in [2.24, 2.45) is 0 Å². The molecule has 16 heavy (non-hydrogen) atoms. The third kappa shape index (κ3) is 2.73. The average molecular weight is 241 g/mol. The Kier molecular flexibility index (Phi) is 4.31. The summed E-state index contributed by atoms with van der Waals surface area (Å²) in [7, 11) is 0. The maximum absolute atomic E-state index is 10.9. The van der Waals surface area contributed by atoms with Gasteiger partial charge in [-0.3, -0.25) is 0 Å². The first-order valence-corrected chi connectivity index (χ1v) is 5.23. The molecular weight excluding hydrogens is 228 g/mol. The average Bonchev–Trinajstić information content (AvgIpc) is 2.26. The fourth-order valence-electron chi connectivity index (χ4n) is 1.30. The van der Waals surface area contributed by atoms with Gasteiger partial charge in [0.05, 0.1) is 5.02 Å². The van der Waals surface area contributed by atoms with Gasteiger partial charge in [-0.2, -0.15) is 0 Å². The summed E-state index contributed by atoms with van der Waals surface area (Å²) in [6, 6.07) is 3.24. The predicted octanol–water partition coefficient (Wildman–Crippen LogP) is 2.45. The molecule has 0 unspecified atom stereocenters. The van der Waals surface area contributed by atoms with E-state index in [2.05, 4.69) is 11.6 Å². The highest BCUT2D eigenvalue weighted by Crippen LogP contribution is 2.19. The molecule has 86 valence electrons. The second kappa shape index (κ2) is 5.51. The molecule has 0 atom stereocenters. The number of hydrogen-bond donors (Lipinski definition) is 1. The minimum absolute atomic E-state index is 0.123. The Morgan fingerprint density at radius 1 is 1.69 bits per heavy atom. The van der Waals surface area contributed by atoms with E-state index in [0.717, 1.165) is 6.54 Å². The summed E-state index contributed by atoms with van der Waals surface area (Å²) in [5.41, 5.74) is -0.123. The number of aromatic nitrogens is 1. The topological polar surface area (TPSA) is 53.4 Å². The van der Waals surface area contributed by atoms with Crippen LogP contribution in [0, 0.1) is 0 Å². The third-order valence-electron chi connectivity index (χ3n) is 2.09. The molecule has 0 amide bonds. The van der Waals surface area contributed by atoms with Crippen molar-refractivity contribution in [3.63, 3.8) is 0 Å². The van der Waals surface area contributed by atoms with Gasteiger partial charge in [-0.05, 0) is 19.1 Å². The minimum Gasteiger partial charge on any atom is -0.476 e. The van der Waals surface area contributed by atoms with Gasteiger partial charge in [0.2, 0.25) is 0 Å². The van der Waals surface area contributed by atoms with Crippen LogP contribution in [0.1, 0.15) is 17.4 Å². The molecule has 0 fully saturated rings. The lowest BCUT2D eigenvalue weighted by atomic mass is 10.3. The highest BCUT2D eigenvalue weighted by Gasteiger charge is 2.13. The van der Waals surface area contributed by atoms with Crippen LogP contribution in [0.15, 0.2) is 24.8 Å². The van der Waals surface area contributed by atoms with Crippen LogP contribution in [0.2, 0.25) is 5.02 Å². The third-order valence-corrected chi connectivity index (χ3v) is 2.39. The largest absolute Gasteiger partial charge is 0.476 e. The van der Waals surface area contributed by atoms with E-state index in [1.807, 2.05) is 11.8 Å². The van der Waals surface area contributed by atoms with Gasteiger partial charge < -0.3 is 10.0 Å². The Morgan fingerprint density at radius 3 is 2.88 bits per heavy atom. The maximum Gasteiger partial charge on any atom is 0.356 e. The van der Waals surface area contributed by atoms with Crippen molar-refractivity contribution < 1.29 is 9.90 Å². The lowest BCUT2D eigenvalue weighted by molar-refractivity contribution is 0.0691. The SMILES string of the molecule is C=CCN(CC)c1ccc(Cl)c(C(=O)O)n1. The first-order valence-electron chi connectivity index (χ1n) is 4.85. The normalized spacial score (nSPS) is 9.88. The number of nitrogens with zero attached hydrogens (tertiary/aromatic N) is 2. The molecule has 5 heteroatoms. The molecule has 1 aromatic heterocycles. The summed E-state index contributed by atoms with van der Waals surface area (Å²) in [4.78, 5) is 16.8. The van der Waals surface area contributed by atoms with Crippen LogP contribution in [0.5, 0.6) is 0 Å². The van der Waals surface area contributed by atoms with Crippen LogP contribution >= 0.6 is 11.6 Å². The first kappa shape index (κ1) is 12.5. The quantitative estimate of drug-likeness (QED) is 0.804. The molecule has 0 radical (unpaired) electrons. The summed E-state index contributed by atoms with van der Waals surface area (Å²) in [5.74, 6) is -0.536. The van der Waals surface area contributed by atoms with Crippen LogP contribution < -0.4 is 4.90 Å². The molecule has 1 aromatic rings. The fourth-order valence-corrected chi connectivity index (χ4v) is 1.48. The number of carboxylic acid groups (broad SMARTS) is 1. The van der Waals surface area contributed by atoms with Crippen molar-refractivity contribution in [2.75, 3.05) is 18.0 Å². The van der Waals surface area contributed by atoms with Gasteiger partial charge in [-0.15, -0.1) is 6.58 Å². The van der Waals surface area contributed by atoms with E-state index in [0.29, 0.717) is 12.4 Å². The highest BCUT2D eigenvalue weighted by molar-refractivity contribution is 6.33. The smallest absolute Gasteiger partial charge is 0.356 e. The van der Waals surface area contributed by atoms with Gasteiger partial charge in [0.25, 0.3) is 0 Å². The molecule has 0 saturated carbocycles. The summed E-state index contributed by atoms with van der Waals surface area (Å²) in [6.45, 7) is 6.93. The van der Waals surface area contributed by atoms with Crippen LogP contribution in [-0.2, 0) is 0 Å². The number of halogens is 1. The van der Waals surface area contributed by atoms with Gasteiger partial charge in [0.15, 0.2) is 5.69 Å². The van der Waals surface area contributed by atoms with E-state index < -0.39 is 5.97 Å². The summed E-state index contributed by atoms with van der Waals surface area (Å²) < 4.78 is 0. The molecule has 0 spiro atoms. The standard InChI is InChI=1S/C11H13ClN2O2/c1-3-7-14(4-2)9-6-5-8(12)10(13-9)11(15)16/h3,5-6H,1,4,7H2,2H3,(H,15,16). The van der Waals surface area contributed by atoms with Crippen LogP contribution in [-0.4, -0.2) is 29.1 Å². The Bertz CT molecular complexity index is 407. The number of pyridine rings is 1. The van der Waals surface area contributed by atoms with E-state index in [-0.39, 0.29) is 10.7 Å². The van der Waals surface area contributed by atoms with E-state index in [1.165, 1.54) is 0 Å². The first-order chi connectivity index (χ1) is 7.60. The van der Waals surface area contributed by atoms with Gasteiger partial charge in [-0.25, -0.2) is 9.78 Å². The number of anilines is 1. The van der Waals surface area contributed by atoms with Crippen molar-refractivity contribution in [1.29, 1.82) is 0 Å². The molecule has 1 N–H and O–H groups in total. The van der Waals surface area contributed by atoms with Crippen molar-refractivity contribution in [2.45, 2.75) is 6.92 Å². The monoisotopic (exact) mass is 240 g/mol. The number of hydrogen-bond acceptors (Lipinski definition) is 3. The second-order valence-corrected chi connectivity index (χ2v) is 3.54. The zero-order valence-corrected chi connectivity index (χ0v) is 9.74. The van der Waals surface area contributed by atoms with E-state index in [9.17, 15) is 4.79 Å². The molecule has 1 heterocycles. The number of carbonyl (C=O) groups is 1. The lowest BCUT2D eigenvalue weighted by Gasteiger charge is -2.20. The lowest BCUT2D eigenvalue weighted by Crippen LogP contribution is -2.24. The Hall–Kier alpha value is -1.55. The molecule has 1 rings (SSSR count). The molecule has 0 saturated heterocycles. The summed E-state index contributed by atoms with van der Waals surface area (Å²) in [5, 5.41) is 9.03. The van der Waals surface area contributed by atoms with Crippen molar-refractivity contribution in [3.8, 4) is 0 Å². The van der Waals surface area contributed by atoms with E-state index in [4.69, 9.17) is 16.7 Å². The molecule has 4 nitrogen and oxygen atoms in total. The summed E-state index contributed by atoms with van der Waals surface area (Å²) >= 11 is 5.73. The molecule has 0 bridgehead atoms. The highest BCUT2D eigenvalue weighted by atomic mass is 35.5. The Balaban J connectivity index is 3.10. The maximum atomic E-state index is 10.9. The number of rotatable bonds is 5. The zero-order valence-electron chi connectivity index (χ0n) is 8.98. The van der Waals surface area contributed by atoms with Crippen LogP contribution in [0.25, 0.3) is 0 Å². The van der Waals surface area contributed by atoms with Crippen LogP contribution in [0.4, 0.5) is 5.82 Å². The van der Waals surface area contributed by atoms with Gasteiger partial charge in [-0.1, -0.05) is 17.7 Å². The molecule has 0 aliphatic rings. The van der Waals surface area contributed by atoms with Crippen molar-refractivity contribution in [3.05, 3.63) is 35.5 Å². The number of likely N-dealkylation sites (N-methyl/N-ethyl adjacent to an activating group) is 1. The van der Waals surface area contributed by atoms with Crippen LogP contribution in [0.3, 0.4) is 0 Å². The van der Waals surface area contributed by atoms with Gasteiger partial charge in [0, 0.05) is 13.1 Å². The van der Waals surface area contributed by atoms with Crippen molar-refractivity contribution >= 4 is 23.4 Å². The van der Waals surface area contributed by atoms with Gasteiger partial charge >= 0.3 is 5.97 Å². The Morgan fingerprint density at radius 2 is 2.38 bits per heavy atom. The molecule has 0 aliphatic heterocycles. The summed E-state index contributed by atoms with van der Waals surface area (Å²) in [6.07, 6.45) is 1.74. The molecule has 0 aromatic carbocycles. The number of carboxylic acids is 1. The minimum atomic E-state index is -1.12. The molecular formula is C11H13ClN2O2. The predicted molar refractivity (Wildman–Crippen MR) is 64.3 cm³/mol. The Labute approximate surface area is 99.2 Å². The van der Waals surface area contributed by atoms with Gasteiger partial charge in [0.1, 0.15) is 5.82 Å².